The molecule has 0 amide bonds. The highest BCUT2D eigenvalue weighted by Gasteiger charge is 2.44. The number of Topliss-reactive ketones (excluding diaryl/α,β-unsaturated/α-hetero) is 1. The van der Waals surface area contributed by atoms with E-state index in [2.05, 4.69) is 0 Å². The van der Waals surface area contributed by atoms with E-state index in [9.17, 15) is 22.4 Å². The standard InChI is InChI=1S/C13H13F4NO/c1-12(18,8-3-4-8)11(19)7-2-5-9(10(14)6-7)13(15,16)17/h2,5-6,8H,3-4,18H2,1H3. The van der Waals surface area contributed by atoms with E-state index < -0.39 is 28.9 Å². The molecule has 19 heavy (non-hydrogen) atoms. The Balaban J connectivity index is 2.32. The van der Waals surface area contributed by atoms with Gasteiger partial charge in [-0.1, -0.05) is 6.07 Å². The molecular formula is C13H13F4NO. The van der Waals surface area contributed by atoms with Crippen molar-refractivity contribution in [3.05, 3.63) is 35.1 Å². The zero-order valence-corrected chi connectivity index (χ0v) is 10.2. The number of rotatable bonds is 3. The van der Waals surface area contributed by atoms with Gasteiger partial charge in [0.15, 0.2) is 5.78 Å². The first-order valence-electron chi connectivity index (χ1n) is 5.84. The van der Waals surface area contributed by atoms with Crippen LogP contribution >= 0.6 is 0 Å². The van der Waals surface area contributed by atoms with Gasteiger partial charge in [-0.15, -0.1) is 0 Å². The van der Waals surface area contributed by atoms with Gasteiger partial charge in [0.25, 0.3) is 0 Å². The fourth-order valence-corrected chi connectivity index (χ4v) is 2.07. The summed E-state index contributed by atoms with van der Waals surface area (Å²) in [5.74, 6) is -1.96. The van der Waals surface area contributed by atoms with E-state index in [4.69, 9.17) is 5.73 Å². The lowest BCUT2D eigenvalue weighted by Gasteiger charge is -2.23. The van der Waals surface area contributed by atoms with Crippen molar-refractivity contribution in [2.75, 3.05) is 0 Å². The molecule has 0 saturated heterocycles. The zero-order chi connectivity index (χ0) is 14.4. The third kappa shape index (κ3) is 2.63. The first kappa shape index (κ1) is 14.0. The molecule has 1 saturated carbocycles. The Morgan fingerprint density at radius 1 is 1.32 bits per heavy atom. The van der Waals surface area contributed by atoms with E-state index in [-0.39, 0.29) is 11.5 Å². The van der Waals surface area contributed by atoms with Crippen molar-refractivity contribution < 1.29 is 22.4 Å². The molecule has 1 unspecified atom stereocenters. The van der Waals surface area contributed by atoms with Crippen molar-refractivity contribution >= 4 is 5.78 Å². The smallest absolute Gasteiger partial charge is 0.319 e. The summed E-state index contributed by atoms with van der Waals surface area (Å²) in [4.78, 5) is 12.1. The van der Waals surface area contributed by atoms with E-state index in [1.54, 1.807) is 0 Å². The Hall–Kier alpha value is -1.43. The van der Waals surface area contributed by atoms with Gasteiger partial charge in [0.2, 0.25) is 0 Å². The van der Waals surface area contributed by atoms with Gasteiger partial charge >= 0.3 is 6.18 Å². The molecule has 1 aromatic rings. The molecule has 1 aliphatic rings. The van der Waals surface area contributed by atoms with Crippen molar-refractivity contribution in [1.82, 2.24) is 0 Å². The largest absolute Gasteiger partial charge is 0.419 e. The van der Waals surface area contributed by atoms with Gasteiger partial charge in [-0.3, -0.25) is 4.79 Å². The summed E-state index contributed by atoms with van der Waals surface area (Å²) in [6.45, 7) is 1.53. The van der Waals surface area contributed by atoms with Crippen LogP contribution in [-0.2, 0) is 6.18 Å². The van der Waals surface area contributed by atoms with Gasteiger partial charge in [-0.2, -0.15) is 13.2 Å². The van der Waals surface area contributed by atoms with Gasteiger partial charge in [-0.25, -0.2) is 4.39 Å². The molecule has 2 nitrogen and oxygen atoms in total. The molecule has 0 bridgehead atoms. The van der Waals surface area contributed by atoms with E-state index in [1.807, 2.05) is 0 Å². The van der Waals surface area contributed by atoms with Crippen LogP contribution in [0.25, 0.3) is 0 Å². The second-order valence-electron chi connectivity index (χ2n) is 5.08. The van der Waals surface area contributed by atoms with Crippen LogP contribution in [0.15, 0.2) is 18.2 Å². The number of alkyl halides is 3. The molecule has 0 radical (unpaired) electrons. The molecule has 1 aliphatic carbocycles. The van der Waals surface area contributed by atoms with Crippen molar-refractivity contribution in [3.8, 4) is 0 Å². The average molecular weight is 275 g/mol. The molecule has 0 spiro atoms. The van der Waals surface area contributed by atoms with E-state index >= 15 is 0 Å². The highest BCUT2D eigenvalue weighted by molar-refractivity contribution is 6.03. The Morgan fingerprint density at radius 2 is 1.89 bits per heavy atom. The minimum Gasteiger partial charge on any atom is -0.319 e. The first-order valence-corrected chi connectivity index (χ1v) is 5.84. The SMILES string of the molecule is CC(N)(C(=O)c1ccc(C(F)(F)F)c(F)c1)C1CC1. The van der Waals surface area contributed by atoms with Crippen molar-refractivity contribution in [2.24, 2.45) is 11.7 Å². The molecule has 1 fully saturated rings. The molecule has 2 rings (SSSR count). The zero-order valence-electron chi connectivity index (χ0n) is 10.2. The van der Waals surface area contributed by atoms with Gasteiger partial charge in [0.05, 0.1) is 11.1 Å². The highest BCUT2D eigenvalue weighted by atomic mass is 19.4. The summed E-state index contributed by atoms with van der Waals surface area (Å²) in [5, 5.41) is 0. The molecule has 0 aliphatic heterocycles. The molecule has 1 atom stereocenters. The van der Waals surface area contributed by atoms with Crippen LogP contribution in [0.3, 0.4) is 0 Å². The molecular weight excluding hydrogens is 262 g/mol. The van der Waals surface area contributed by atoms with Crippen LogP contribution in [0.1, 0.15) is 35.7 Å². The maximum absolute atomic E-state index is 13.4. The summed E-state index contributed by atoms with van der Waals surface area (Å²) >= 11 is 0. The Kier molecular flexibility index (Phi) is 3.16. The van der Waals surface area contributed by atoms with Gasteiger partial charge in [0.1, 0.15) is 5.82 Å². The second kappa shape index (κ2) is 4.30. The van der Waals surface area contributed by atoms with E-state index in [1.165, 1.54) is 6.92 Å². The van der Waals surface area contributed by atoms with Crippen LogP contribution in [0, 0.1) is 11.7 Å². The normalized spacial score (nSPS) is 19.1. The average Bonchev–Trinajstić information content (AvgIpc) is 3.09. The quantitative estimate of drug-likeness (QED) is 0.680. The predicted molar refractivity (Wildman–Crippen MR) is 61.0 cm³/mol. The predicted octanol–water partition coefficient (Wildman–Crippen LogP) is 3.15. The second-order valence-corrected chi connectivity index (χ2v) is 5.08. The van der Waals surface area contributed by atoms with Crippen molar-refractivity contribution in [1.29, 1.82) is 0 Å². The van der Waals surface area contributed by atoms with Crippen LogP contribution in [-0.4, -0.2) is 11.3 Å². The van der Waals surface area contributed by atoms with Crippen molar-refractivity contribution in [3.63, 3.8) is 0 Å². The van der Waals surface area contributed by atoms with Gasteiger partial charge in [-0.05, 0) is 37.8 Å². The van der Waals surface area contributed by atoms with E-state index in [0.29, 0.717) is 12.1 Å². The number of halogens is 4. The van der Waals surface area contributed by atoms with Gasteiger partial charge < -0.3 is 5.73 Å². The molecule has 2 N–H and O–H groups in total. The highest BCUT2D eigenvalue weighted by Crippen LogP contribution is 2.40. The third-order valence-electron chi connectivity index (χ3n) is 3.45. The number of ketones is 1. The topological polar surface area (TPSA) is 43.1 Å². The molecule has 6 heteroatoms. The Bertz CT molecular complexity index is 518. The minimum absolute atomic E-state index is 0.0188. The number of benzene rings is 1. The fourth-order valence-electron chi connectivity index (χ4n) is 2.07. The maximum Gasteiger partial charge on any atom is 0.419 e. The van der Waals surface area contributed by atoms with Crippen molar-refractivity contribution in [2.45, 2.75) is 31.5 Å². The summed E-state index contributed by atoms with van der Waals surface area (Å²) in [6.07, 6.45) is -3.15. The van der Waals surface area contributed by atoms with Crippen LogP contribution < -0.4 is 5.73 Å². The van der Waals surface area contributed by atoms with Crippen LogP contribution in [0.2, 0.25) is 0 Å². The first-order chi connectivity index (χ1) is 8.64. The lowest BCUT2D eigenvalue weighted by Crippen LogP contribution is -2.47. The maximum atomic E-state index is 13.4. The third-order valence-corrected chi connectivity index (χ3v) is 3.45. The lowest BCUT2D eigenvalue weighted by atomic mass is 9.87. The van der Waals surface area contributed by atoms with Crippen LogP contribution in [0.4, 0.5) is 17.6 Å². The monoisotopic (exact) mass is 275 g/mol. The summed E-state index contributed by atoms with van der Waals surface area (Å²) in [6, 6.07) is 2.16. The van der Waals surface area contributed by atoms with Gasteiger partial charge in [0, 0.05) is 5.56 Å². The summed E-state index contributed by atoms with van der Waals surface area (Å²) < 4.78 is 50.6. The molecule has 0 heterocycles. The summed E-state index contributed by atoms with van der Waals surface area (Å²) in [7, 11) is 0. The number of nitrogens with two attached hydrogens (primary N) is 1. The van der Waals surface area contributed by atoms with Crippen LogP contribution in [0.5, 0.6) is 0 Å². The Morgan fingerprint density at radius 3 is 2.32 bits per heavy atom. The number of hydrogen-bond donors (Lipinski definition) is 1. The molecule has 1 aromatic carbocycles. The fraction of sp³-hybridized carbons (Fsp3) is 0.462. The lowest BCUT2D eigenvalue weighted by molar-refractivity contribution is -0.140. The molecule has 104 valence electrons. The molecule has 0 aromatic heterocycles. The number of carbonyl (C=O) groups is 1. The summed E-state index contributed by atoms with van der Waals surface area (Å²) in [5.41, 5.74) is 3.23. The Labute approximate surface area is 107 Å². The van der Waals surface area contributed by atoms with E-state index in [0.717, 1.165) is 18.9 Å². The minimum atomic E-state index is -4.77. The number of carbonyl (C=O) groups excluding carboxylic acids is 1. The number of hydrogen-bond acceptors (Lipinski definition) is 2.